The van der Waals surface area contributed by atoms with Crippen LogP contribution in [0.2, 0.25) is 0 Å². The van der Waals surface area contributed by atoms with Gasteiger partial charge in [0.2, 0.25) is 5.91 Å². The first-order valence-corrected chi connectivity index (χ1v) is 16.1. The fraction of sp³-hybridized carbons (Fsp3) is 0.514. The molecule has 1 aliphatic heterocycles. The fourth-order valence-electron chi connectivity index (χ4n) is 7.66. The van der Waals surface area contributed by atoms with Gasteiger partial charge in [-0.2, -0.15) is 4.80 Å². The minimum Gasteiger partial charge on any atom is -0.345 e. The van der Waals surface area contributed by atoms with Crippen LogP contribution in [-0.2, 0) is 30.1 Å². The molecule has 2 aliphatic carbocycles. The van der Waals surface area contributed by atoms with Gasteiger partial charge in [0.05, 0.1) is 12.5 Å². The van der Waals surface area contributed by atoms with Gasteiger partial charge in [-0.15, -0.1) is 10.2 Å². The summed E-state index contributed by atoms with van der Waals surface area (Å²) in [5.41, 5.74) is 4.44. The van der Waals surface area contributed by atoms with Gasteiger partial charge in [-0.25, -0.2) is 6.57 Å². The Bertz CT molecular complexity index is 1670. The third kappa shape index (κ3) is 5.44. The van der Waals surface area contributed by atoms with E-state index in [2.05, 4.69) is 22.1 Å². The van der Waals surface area contributed by atoms with Crippen molar-refractivity contribution in [2.45, 2.75) is 69.5 Å². The Labute approximate surface area is 270 Å². The second kappa shape index (κ2) is 12.0. The Balaban J connectivity index is 1.44. The van der Waals surface area contributed by atoms with Crippen molar-refractivity contribution in [2.75, 3.05) is 28.2 Å². The van der Waals surface area contributed by atoms with Gasteiger partial charge in [-0.05, 0) is 95.7 Å². The largest absolute Gasteiger partial charge is 0.345 e. The molecule has 6 rings (SSSR count). The molecule has 11 heteroatoms. The van der Waals surface area contributed by atoms with Crippen LogP contribution >= 0.6 is 0 Å². The van der Waals surface area contributed by atoms with Gasteiger partial charge in [0, 0.05) is 58.2 Å². The molecule has 2 heterocycles. The number of carbonyl (C=O) groups excluding carboxylic acids is 3. The van der Waals surface area contributed by atoms with Gasteiger partial charge < -0.3 is 9.80 Å². The minimum atomic E-state index is -0.842. The zero-order chi connectivity index (χ0) is 32.9. The third-order valence-electron chi connectivity index (χ3n) is 10.0. The standard InChI is InChI=1S/C35H42N8O3/c1-21(8-15-31(44)43-29-18-26(29)19-30(43)36-2)20-35(34-37-39-42(7)38-34)27-13-11-24(32(45)40(3)4)16-22(27)9-10-23-17-25(12-14-28(23)35)33(46)41(5)6/h11-14,16-17,21,26,29-30H,8-10,15,18-20H2,1,3-7H3/t21-,26-,29-,30-/m0/s1. The van der Waals surface area contributed by atoms with Crippen LogP contribution in [-0.4, -0.2) is 93.0 Å². The fourth-order valence-corrected chi connectivity index (χ4v) is 7.66. The highest BCUT2D eigenvalue weighted by Gasteiger charge is 2.57. The molecule has 240 valence electrons. The van der Waals surface area contributed by atoms with Gasteiger partial charge >= 0.3 is 6.17 Å². The number of fused-ring (bicyclic) bond motifs is 3. The summed E-state index contributed by atoms with van der Waals surface area (Å²) in [4.78, 5) is 49.7. The first-order valence-electron chi connectivity index (χ1n) is 16.1. The summed E-state index contributed by atoms with van der Waals surface area (Å²) in [6, 6.07) is 12.0. The highest BCUT2D eigenvalue weighted by molar-refractivity contribution is 5.95. The van der Waals surface area contributed by atoms with E-state index in [1.807, 2.05) is 41.3 Å². The molecule has 46 heavy (non-hydrogen) atoms. The lowest BCUT2D eigenvalue weighted by Crippen LogP contribution is -2.37. The van der Waals surface area contributed by atoms with Crippen LogP contribution in [0, 0.1) is 18.4 Å². The topological polar surface area (TPSA) is 109 Å². The van der Waals surface area contributed by atoms with Gasteiger partial charge in [-0.1, -0.05) is 19.1 Å². The molecule has 2 fully saturated rings. The molecule has 11 nitrogen and oxygen atoms in total. The van der Waals surface area contributed by atoms with Crippen molar-refractivity contribution in [2.24, 2.45) is 18.9 Å². The lowest BCUT2D eigenvalue weighted by Gasteiger charge is -2.36. The normalized spacial score (nSPS) is 21.2. The van der Waals surface area contributed by atoms with E-state index in [-0.39, 0.29) is 35.8 Å². The summed E-state index contributed by atoms with van der Waals surface area (Å²) in [6.45, 7) is 9.75. The predicted molar refractivity (Wildman–Crippen MR) is 172 cm³/mol. The van der Waals surface area contributed by atoms with Crippen LogP contribution in [0.15, 0.2) is 36.4 Å². The smallest absolute Gasteiger partial charge is 0.301 e. The van der Waals surface area contributed by atoms with Gasteiger partial charge in [-0.3, -0.25) is 24.1 Å². The van der Waals surface area contributed by atoms with Crippen molar-refractivity contribution < 1.29 is 14.4 Å². The summed E-state index contributed by atoms with van der Waals surface area (Å²) in [7, 11) is 8.73. The van der Waals surface area contributed by atoms with E-state index in [0.717, 1.165) is 35.1 Å². The van der Waals surface area contributed by atoms with E-state index >= 15 is 0 Å². The van der Waals surface area contributed by atoms with Crippen molar-refractivity contribution in [3.63, 3.8) is 0 Å². The Hall–Kier alpha value is -4.59. The average molecular weight is 623 g/mol. The number of amides is 3. The maximum Gasteiger partial charge on any atom is 0.301 e. The summed E-state index contributed by atoms with van der Waals surface area (Å²) in [5.74, 6) is 1.00. The number of hydrogen-bond donors (Lipinski definition) is 0. The molecule has 1 saturated heterocycles. The minimum absolute atomic E-state index is 0.0571. The molecular formula is C35H42N8O3. The number of aromatic nitrogens is 4. The summed E-state index contributed by atoms with van der Waals surface area (Å²) >= 11 is 0. The molecule has 1 saturated carbocycles. The molecule has 1 aromatic heterocycles. The van der Waals surface area contributed by atoms with Crippen LogP contribution in [0.4, 0.5) is 0 Å². The maximum absolute atomic E-state index is 13.4. The lowest BCUT2D eigenvalue weighted by atomic mass is 9.66. The zero-order valence-electron chi connectivity index (χ0n) is 27.5. The van der Waals surface area contributed by atoms with Crippen molar-refractivity contribution >= 4 is 17.7 Å². The average Bonchev–Trinajstić information content (AvgIpc) is 3.53. The van der Waals surface area contributed by atoms with E-state index in [0.29, 0.717) is 55.0 Å². The highest BCUT2D eigenvalue weighted by atomic mass is 16.2. The summed E-state index contributed by atoms with van der Waals surface area (Å²) < 4.78 is 0. The van der Waals surface area contributed by atoms with Crippen molar-refractivity contribution in [3.8, 4) is 0 Å². The van der Waals surface area contributed by atoms with E-state index in [1.165, 1.54) is 4.80 Å². The third-order valence-corrected chi connectivity index (χ3v) is 10.0. The molecule has 3 aromatic rings. The number of benzene rings is 2. The Morgan fingerprint density at radius 1 is 0.978 bits per heavy atom. The number of hydrogen-bond acceptors (Lipinski definition) is 6. The quantitative estimate of drug-likeness (QED) is 0.355. The van der Waals surface area contributed by atoms with Crippen LogP contribution < -0.4 is 0 Å². The number of tetrazole rings is 1. The lowest BCUT2D eigenvalue weighted by molar-refractivity contribution is -0.132. The van der Waals surface area contributed by atoms with Crippen LogP contribution in [0.3, 0.4) is 0 Å². The van der Waals surface area contributed by atoms with Crippen molar-refractivity contribution in [1.29, 1.82) is 0 Å². The molecule has 4 atom stereocenters. The first-order chi connectivity index (χ1) is 21.9. The van der Waals surface area contributed by atoms with Crippen molar-refractivity contribution in [3.05, 3.63) is 87.0 Å². The number of aryl methyl sites for hydroxylation is 3. The van der Waals surface area contributed by atoms with Crippen molar-refractivity contribution in [1.82, 2.24) is 34.9 Å². The van der Waals surface area contributed by atoms with Crippen LogP contribution in [0.5, 0.6) is 0 Å². The maximum atomic E-state index is 13.4. The van der Waals surface area contributed by atoms with E-state index in [4.69, 9.17) is 11.7 Å². The van der Waals surface area contributed by atoms with E-state index in [9.17, 15) is 14.4 Å². The Kier molecular flexibility index (Phi) is 8.17. The molecule has 3 amide bonds. The summed E-state index contributed by atoms with van der Waals surface area (Å²) in [6.07, 6.45) is 4.40. The number of rotatable bonds is 8. The molecule has 3 aliphatic rings. The van der Waals surface area contributed by atoms with E-state index < -0.39 is 5.41 Å². The summed E-state index contributed by atoms with van der Waals surface area (Å²) in [5, 5.41) is 13.7. The number of piperidine rings is 1. The van der Waals surface area contributed by atoms with Gasteiger partial charge in [0.25, 0.3) is 11.8 Å². The SMILES string of the molecule is [C-]#[N+][C@@H]1C[C@@H]2C[C@@H]2N1C(=O)CC[C@H](C)CC1(c2nnn(C)n2)c2ccc(C(=O)N(C)C)cc2CCc2cc(C(=O)N(C)C)ccc21. The molecular weight excluding hydrogens is 580 g/mol. The first kappa shape index (κ1) is 31.4. The molecule has 0 bridgehead atoms. The second-order valence-electron chi connectivity index (χ2n) is 13.7. The number of nitrogens with zero attached hydrogens (tertiary/aromatic N) is 8. The number of likely N-dealkylation sites (tertiary alicyclic amines) is 1. The monoisotopic (exact) mass is 622 g/mol. The highest BCUT2D eigenvalue weighted by Crippen LogP contribution is 2.50. The molecule has 0 radical (unpaired) electrons. The van der Waals surface area contributed by atoms with Crippen LogP contribution in [0.25, 0.3) is 4.85 Å². The number of carbonyl (C=O) groups is 3. The van der Waals surface area contributed by atoms with Crippen LogP contribution in [0.1, 0.15) is 87.8 Å². The predicted octanol–water partition coefficient (Wildman–Crippen LogP) is 3.72. The van der Waals surface area contributed by atoms with E-state index in [1.54, 1.807) is 45.0 Å². The van der Waals surface area contributed by atoms with Gasteiger partial charge in [0.15, 0.2) is 5.82 Å². The molecule has 2 aromatic carbocycles. The molecule has 0 N–H and O–H groups in total. The Morgan fingerprint density at radius 2 is 1.57 bits per heavy atom. The zero-order valence-corrected chi connectivity index (χ0v) is 27.5. The Morgan fingerprint density at radius 3 is 2.07 bits per heavy atom. The second-order valence-corrected chi connectivity index (χ2v) is 13.7. The molecule has 0 spiro atoms. The molecule has 0 unspecified atom stereocenters. The van der Waals surface area contributed by atoms with Gasteiger partial charge in [0.1, 0.15) is 0 Å².